The lowest BCUT2D eigenvalue weighted by molar-refractivity contribution is -0.115. The molecule has 0 aliphatic carbocycles. The van der Waals surface area contributed by atoms with E-state index < -0.39 is 11.7 Å². The quantitative estimate of drug-likeness (QED) is 0.360. The Hall–Kier alpha value is -3.82. The second-order valence-corrected chi connectivity index (χ2v) is 8.04. The third-order valence-corrected chi connectivity index (χ3v) is 5.35. The van der Waals surface area contributed by atoms with Crippen molar-refractivity contribution in [3.05, 3.63) is 94.3 Å². The average Bonchev–Trinajstić information content (AvgIpc) is 3.23. The lowest BCUT2D eigenvalue weighted by atomic mass is 10.2. The van der Waals surface area contributed by atoms with E-state index >= 15 is 0 Å². The van der Waals surface area contributed by atoms with Crippen LogP contribution in [0.2, 0.25) is 5.02 Å². The van der Waals surface area contributed by atoms with Crippen molar-refractivity contribution in [1.29, 1.82) is 0 Å². The minimum atomic E-state index is -0.621. The van der Waals surface area contributed by atoms with E-state index in [2.05, 4.69) is 20.6 Å². The summed E-state index contributed by atoms with van der Waals surface area (Å²) < 4.78 is 19.3. The fraction of sp³-hybridized carbons (Fsp3) is 0.0435. The number of carbonyl (C=O) groups is 2. The van der Waals surface area contributed by atoms with Crippen LogP contribution in [0.25, 0.3) is 0 Å². The van der Waals surface area contributed by atoms with E-state index in [1.807, 2.05) is 0 Å². The zero-order valence-corrected chi connectivity index (χ0v) is 18.5. The maximum Gasteiger partial charge on any atom is 0.260 e. The van der Waals surface area contributed by atoms with Gasteiger partial charge >= 0.3 is 0 Å². The maximum absolute atomic E-state index is 13.7. The highest BCUT2D eigenvalue weighted by atomic mass is 35.5. The largest absolute Gasteiger partial charge is 0.439 e. The van der Waals surface area contributed by atoms with E-state index in [9.17, 15) is 14.0 Å². The maximum atomic E-state index is 13.7. The molecular formula is C23H16ClFN4O3S. The number of aromatic nitrogens is 2. The van der Waals surface area contributed by atoms with Crippen LogP contribution in [0.15, 0.2) is 72.2 Å². The first kappa shape index (κ1) is 22.4. The van der Waals surface area contributed by atoms with Crippen LogP contribution in [-0.4, -0.2) is 21.8 Å². The summed E-state index contributed by atoms with van der Waals surface area (Å²) in [4.78, 5) is 32.9. The second kappa shape index (κ2) is 10.2. The number of pyridine rings is 1. The Morgan fingerprint density at radius 2 is 1.82 bits per heavy atom. The van der Waals surface area contributed by atoms with Crippen molar-refractivity contribution in [2.24, 2.45) is 0 Å². The number of rotatable bonds is 7. The van der Waals surface area contributed by atoms with Crippen LogP contribution in [0.5, 0.6) is 11.6 Å². The van der Waals surface area contributed by atoms with E-state index in [0.717, 1.165) is 11.3 Å². The molecule has 2 N–H and O–H groups in total. The molecule has 0 fully saturated rings. The van der Waals surface area contributed by atoms with E-state index in [-0.39, 0.29) is 23.0 Å². The lowest BCUT2D eigenvalue weighted by Gasteiger charge is -2.07. The molecule has 166 valence electrons. The van der Waals surface area contributed by atoms with E-state index in [0.29, 0.717) is 28.0 Å². The monoisotopic (exact) mass is 482 g/mol. The van der Waals surface area contributed by atoms with E-state index in [1.165, 1.54) is 24.4 Å². The minimum Gasteiger partial charge on any atom is -0.439 e. The van der Waals surface area contributed by atoms with Crippen molar-refractivity contribution in [3.8, 4) is 11.6 Å². The van der Waals surface area contributed by atoms with Crippen LogP contribution < -0.4 is 15.4 Å². The number of nitrogens with one attached hydrogen (secondary N) is 2. The summed E-state index contributed by atoms with van der Waals surface area (Å²) in [5.41, 5.74) is 0.881. The molecular weight excluding hydrogens is 467 g/mol. The third-order valence-electron chi connectivity index (χ3n) is 4.29. The molecule has 0 unspecified atom stereocenters. The zero-order valence-electron chi connectivity index (χ0n) is 16.9. The Kier molecular flexibility index (Phi) is 6.92. The predicted molar refractivity (Wildman–Crippen MR) is 125 cm³/mol. The summed E-state index contributed by atoms with van der Waals surface area (Å²) in [5, 5.41) is 7.79. The molecule has 10 heteroatoms. The smallest absolute Gasteiger partial charge is 0.260 e. The molecule has 7 nitrogen and oxygen atoms in total. The number of halogens is 2. The normalized spacial score (nSPS) is 10.5. The summed E-state index contributed by atoms with van der Waals surface area (Å²) in [6, 6.07) is 15.8. The molecule has 0 saturated carbocycles. The van der Waals surface area contributed by atoms with Gasteiger partial charge < -0.3 is 10.1 Å². The molecule has 0 atom stereocenters. The predicted octanol–water partition coefficient (Wildman–Crippen LogP) is 5.56. The average molecular weight is 483 g/mol. The minimum absolute atomic E-state index is 0.00487. The second-order valence-electron chi connectivity index (χ2n) is 6.74. The van der Waals surface area contributed by atoms with Gasteiger partial charge in [0.05, 0.1) is 29.6 Å². The number of nitrogens with zero attached hydrogens (tertiary/aromatic N) is 2. The van der Waals surface area contributed by atoms with Gasteiger partial charge in [0.25, 0.3) is 5.91 Å². The van der Waals surface area contributed by atoms with Crippen molar-refractivity contribution in [2.75, 3.05) is 10.6 Å². The van der Waals surface area contributed by atoms with Gasteiger partial charge in [-0.2, -0.15) is 0 Å². The van der Waals surface area contributed by atoms with E-state index in [1.54, 1.807) is 47.8 Å². The Bertz CT molecular complexity index is 1280. The van der Waals surface area contributed by atoms with Crippen LogP contribution in [0.4, 0.5) is 15.2 Å². The number of hydrogen-bond acceptors (Lipinski definition) is 6. The number of amides is 2. The van der Waals surface area contributed by atoms with Gasteiger partial charge in [-0.3, -0.25) is 14.9 Å². The number of ether oxygens (including phenoxy) is 1. The SMILES string of the molecule is O=C(Cc1csc(NC(=O)c2ccccc2F)n1)Nc1ccc(Oc2ccc(Cl)cc2)nc1. The van der Waals surface area contributed by atoms with Crippen LogP contribution in [0, 0.1) is 5.82 Å². The molecule has 4 aromatic rings. The molecule has 2 amide bonds. The summed E-state index contributed by atoms with van der Waals surface area (Å²) >= 11 is 7.00. The molecule has 0 bridgehead atoms. The van der Waals surface area contributed by atoms with Crippen LogP contribution in [0.3, 0.4) is 0 Å². The van der Waals surface area contributed by atoms with Crippen LogP contribution in [0.1, 0.15) is 16.1 Å². The Morgan fingerprint density at radius 1 is 1.03 bits per heavy atom. The third kappa shape index (κ3) is 6.12. The Labute approximate surface area is 197 Å². The van der Waals surface area contributed by atoms with Crippen molar-refractivity contribution < 1.29 is 18.7 Å². The first-order valence-electron chi connectivity index (χ1n) is 9.66. The van der Waals surface area contributed by atoms with Crippen molar-refractivity contribution in [3.63, 3.8) is 0 Å². The molecule has 0 radical (unpaired) electrons. The van der Waals surface area contributed by atoms with Crippen molar-refractivity contribution in [1.82, 2.24) is 9.97 Å². The molecule has 0 aliphatic heterocycles. The fourth-order valence-electron chi connectivity index (χ4n) is 2.76. The van der Waals surface area contributed by atoms with Gasteiger partial charge in [0, 0.05) is 16.5 Å². The van der Waals surface area contributed by atoms with Gasteiger partial charge in [0.15, 0.2) is 5.13 Å². The van der Waals surface area contributed by atoms with Gasteiger partial charge in [-0.05, 0) is 42.5 Å². The first-order chi connectivity index (χ1) is 16.0. The highest BCUT2D eigenvalue weighted by Gasteiger charge is 2.14. The molecule has 4 rings (SSSR count). The lowest BCUT2D eigenvalue weighted by Crippen LogP contribution is -2.15. The Balaban J connectivity index is 1.30. The standard InChI is InChI=1S/C23H16ClFN4O3S/c24-14-5-8-17(9-6-14)32-21-10-7-15(12-26-21)27-20(30)11-16-13-33-23(28-16)29-22(31)18-3-1-2-4-19(18)25/h1-10,12-13H,11H2,(H,27,30)(H,28,29,31). The number of anilines is 2. The van der Waals surface area contributed by atoms with Gasteiger partial charge in [0.2, 0.25) is 11.8 Å². The first-order valence-corrected chi connectivity index (χ1v) is 10.9. The molecule has 2 aromatic heterocycles. The van der Waals surface area contributed by atoms with Crippen LogP contribution >= 0.6 is 22.9 Å². The van der Waals surface area contributed by atoms with Gasteiger partial charge in [-0.1, -0.05) is 23.7 Å². The van der Waals surface area contributed by atoms with Crippen molar-refractivity contribution in [2.45, 2.75) is 6.42 Å². The van der Waals surface area contributed by atoms with E-state index in [4.69, 9.17) is 16.3 Å². The summed E-state index contributed by atoms with van der Waals surface area (Å²) in [6.45, 7) is 0. The number of carbonyl (C=O) groups excluding carboxylic acids is 2. The van der Waals surface area contributed by atoms with Gasteiger partial charge in [-0.25, -0.2) is 14.4 Å². The number of hydrogen-bond donors (Lipinski definition) is 2. The molecule has 0 aliphatic rings. The van der Waals surface area contributed by atoms with Crippen molar-refractivity contribution >= 4 is 45.6 Å². The highest BCUT2D eigenvalue weighted by molar-refractivity contribution is 7.14. The number of thiazole rings is 1. The summed E-state index contributed by atoms with van der Waals surface area (Å²) in [6.07, 6.45) is 1.47. The summed E-state index contributed by atoms with van der Waals surface area (Å²) in [5.74, 6) is -0.578. The van der Waals surface area contributed by atoms with Crippen LogP contribution in [-0.2, 0) is 11.2 Å². The van der Waals surface area contributed by atoms with Gasteiger partial charge in [0.1, 0.15) is 11.6 Å². The molecule has 2 heterocycles. The zero-order chi connectivity index (χ0) is 23.2. The highest BCUT2D eigenvalue weighted by Crippen LogP contribution is 2.23. The van der Waals surface area contributed by atoms with Gasteiger partial charge in [-0.15, -0.1) is 11.3 Å². The topological polar surface area (TPSA) is 93.2 Å². The molecule has 0 spiro atoms. The molecule has 0 saturated heterocycles. The fourth-order valence-corrected chi connectivity index (χ4v) is 3.59. The molecule has 33 heavy (non-hydrogen) atoms. The number of benzene rings is 2. The Morgan fingerprint density at radius 3 is 2.55 bits per heavy atom. The summed E-state index contributed by atoms with van der Waals surface area (Å²) in [7, 11) is 0. The molecule has 2 aromatic carbocycles.